The number of hydrogen-bond donors (Lipinski definition) is 3. The predicted octanol–water partition coefficient (Wildman–Crippen LogP) is 1.35. The number of piperidine rings is 1. The van der Waals surface area contributed by atoms with Gasteiger partial charge < -0.3 is 5.32 Å². The molecule has 1 aliphatic rings. The van der Waals surface area contributed by atoms with Crippen LogP contribution in [0.25, 0.3) is 0 Å². The molecule has 1 fully saturated rings. The molecule has 1 aromatic carbocycles. The van der Waals surface area contributed by atoms with Crippen molar-refractivity contribution in [1.82, 2.24) is 26.1 Å². The van der Waals surface area contributed by atoms with Crippen molar-refractivity contribution in [1.29, 1.82) is 0 Å². The summed E-state index contributed by atoms with van der Waals surface area (Å²) in [4.78, 5) is 42.5. The van der Waals surface area contributed by atoms with E-state index in [1.807, 2.05) is 17.2 Å². The first kappa shape index (κ1) is 23.8. The molecule has 3 N–H and O–H groups in total. The molecular formula is C22H28FN5O3S. The van der Waals surface area contributed by atoms with Crippen LogP contribution < -0.4 is 16.2 Å². The average Bonchev–Trinajstić information content (AvgIpc) is 3.18. The lowest BCUT2D eigenvalue weighted by Gasteiger charge is -2.30. The summed E-state index contributed by atoms with van der Waals surface area (Å²) in [6, 6.07) is 6.55. The van der Waals surface area contributed by atoms with Crippen LogP contribution in [0.1, 0.15) is 29.1 Å². The summed E-state index contributed by atoms with van der Waals surface area (Å²) in [5.74, 6) is -1.03. The summed E-state index contributed by atoms with van der Waals surface area (Å²) in [7, 11) is 0. The van der Waals surface area contributed by atoms with Gasteiger partial charge in [-0.2, -0.15) is 0 Å². The lowest BCUT2D eigenvalue weighted by molar-refractivity contribution is -0.130. The minimum atomic E-state index is -0.321. The molecule has 8 nitrogen and oxygen atoms in total. The molecule has 1 aromatic heterocycles. The van der Waals surface area contributed by atoms with E-state index in [0.717, 1.165) is 5.69 Å². The highest BCUT2D eigenvalue weighted by Crippen LogP contribution is 2.17. The second-order valence-corrected chi connectivity index (χ2v) is 8.78. The number of thiazole rings is 1. The molecule has 0 bridgehead atoms. The molecule has 0 saturated carbocycles. The highest BCUT2D eigenvalue weighted by molar-refractivity contribution is 7.09. The molecule has 10 heteroatoms. The first-order valence-corrected chi connectivity index (χ1v) is 11.5. The number of nitrogens with one attached hydrogen (secondary N) is 3. The van der Waals surface area contributed by atoms with E-state index in [1.165, 1.54) is 17.4 Å². The Morgan fingerprint density at radius 1 is 1.16 bits per heavy atom. The van der Waals surface area contributed by atoms with Gasteiger partial charge in [-0.3, -0.25) is 30.1 Å². The Bertz CT molecular complexity index is 943. The summed E-state index contributed by atoms with van der Waals surface area (Å²) in [6.45, 7) is 3.63. The van der Waals surface area contributed by atoms with Gasteiger partial charge in [-0.05, 0) is 50.9 Å². The lowest BCUT2D eigenvalue weighted by atomic mass is 9.96. The molecule has 3 amide bonds. The fraction of sp³-hybridized carbons (Fsp3) is 0.455. The molecular weight excluding hydrogens is 433 g/mol. The summed E-state index contributed by atoms with van der Waals surface area (Å²) < 4.78 is 13.6. The number of carbonyl (C=O) groups is 3. The number of carbonyl (C=O) groups excluding carboxylic acids is 3. The maximum Gasteiger partial charge on any atom is 0.252 e. The van der Waals surface area contributed by atoms with Crippen molar-refractivity contribution < 1.29 is 18.8 Å². The Hall–Kier alpha value is -2.85. The van der Waals surface area contributed by atoms with Crippen molar-refractivity contribution in [2.24, 2.45) is 5.92 Å². The number of likely N-dealkylation sites (tertiary alicyclic amines) is 1. The Morgan fingerprint density at radius 2 is 1.88 bits per heavy atom. The van der Waals surface area contributed by atoms with Crippen molar-refractivity contribution in [3.05, 3.63) is 51.7 Å². The Kier molecular flexibility index (Phi) is 8.69. The average molecular weight is 462 g/mol. The van der Waals surface area contributed by atoms with Gasteiger partial charge >= 0.3 is 0 Å². The van der Waals surface area contributed by atoms with Gasteiger partial charge in [0.25, 0.3) is 5.91 Å². The molecule has 32 heavy (non-hydrogen) atoms. The number of rotatable bonds is 8. The van der Waals surface area contributed by atoms with Gasteiger partial charge in [-0.15, -0.1) is 11.3 Å². The molecule has 0 spiro atoms. The van der Waals surface area contributed by atoms with Gasteiger partial charge in [-0.1, -0.05) is 18.2 Å². The van der Waals surface area contributed by atoms with Crippen LogP contribution in [0.3, 0.4) is 0 Å². The first-order valence-electron chi connectivity index (χ1n) is 10.6. The molecule has 1 saturated heterocycles. The maximum absolute atomic E-state index is 13.6. The molecule has 0 unspecified atom stereocenters. The zero-order valence-corrected chi connectivity index (χ0v) is 18.8. The van der Waals surface area contributed by atoms with E-state index in [1.54, 1.807) is 18.2 Å². The molecule has 2 aromatic rings. The molecule has 172 valence electrons. The smallest absolute Gasteiger partial charge is 0.252 e. The third-order valence-electron chi connectivity index (χ3n) is 5.30. The Balaban J connectivity index is 1.30. The monoisotopic (exact) mass is 461 g/mol. The van der Waals surface area contributed by atoms with Gasteiger partial charge in [0.15, 0.2) is 0 Å². The number of amides is 3. The van der Waals surface area contributed by atoms with Gasteiger partial charge in [0.05, 0.1) is 13.0 Å². The van der Waals surface area contributed by atoms with Crippen LogP contribution >= 0.6 is 11.3 Å². The molecule has 2 heterocycles. The summed E-state index contributed by atoms with van der Waals surface area (Å²) >= 11 is 1.41. The largest absolute Gasteiger partial charge is 0.356 e. The van der Waals surface area contributed by atoms with Crippen molar-refractivity contribution in [2.45, 2.75) is 32.6 Å². The van der Waals surface area contributed by atoms with Crippen LogP contribution in [-0.2, 0) is 27.2 Å². The van der Waals surface area contributed by atoms with E-state index < -0.39 is 0 Å². The zero-order valence-electron chi connectivity index (χ0n) is 18.0. The predicted molar refractivity (Wildman–Crippen MR) is 119 cm³/mol. The zero-order chi connectivity index (χ0) is 22.9. The lowest BCUT2D eigenvalue weighted by Crippen LogP contribution is -2.49. The maximum atomic E-state index is 13.6. The van der Waals surface area contributed by atoms with Crippen LogP contribution in [0, 0.1) is 18.7 Å². The number of hydrazine groups is 1. The minimum absolute atomic E-state index is 0.0323. The number of aromatic nitrogens is 1. The highest BCUT2D eigenvalue weighted by atomic mass is 32.1. The molecule has 0 aliphatic carbocycles. The van der Waals surface area contributed by atoms with Gasteiger partial charge in [0.2, 0.25) is 11.8 Å². The molecule has 1 aliphatic heterocycles. The van der Waals surface area contributed by atoms with Crippen LogP contribution in [0.5, 0.6) is 0 Å². The number of nitrogens with zero attached hydrogens (tertiary/aromatic N) is 2. The number of hydrogen-bond acceptors (Lipinski definition) is 6. The quantitative estimate of drug-likeness (QED) is 0.515. The summed E-state index contributed by atoms with van der Waals surface area (Å²) in [5, 5.41) is 5.45. The fourth-order valence-corrected chi connectivity index (χ4v) is 4.34. The SMILES string of the molecule is Cc1csc(CC(=O)NNC(=O)CN2CCC(C(=O)NCCc3ccccc3F)CC2)n1. The second kappa shape index (κ2) is 11.7. The number of halogens is 1. The third-order valence-corrected chi connectivity index (χ3v) is 6.26. The van der Waals surface area contributed by atoms with Crippen molar-refractivity contribution >= 4 is 29.1 Å². The Labute approximate surface area is 190 Å². The normalized spacial score (nSPS) is 14.7. The van der Waals surface area contributed by atoms with Crippen LogP contribution in [0.15, 0.2) is 29.6 Å². The third kappa shape index (κ3) is 7.38. The van der Waals surface area contributed by atoms with Crippen molar-refractivity contribution in [3.63, 3.8) is 0 Å². The van der Waals surface area contributed by atoms with Gasteiger partial charge in [-0.25, -0.2) is 9.37 Å². The van der Waals surface area contributed by atoms with E-state index in [-0.39, 0.29) is 42.4 Å². The molecule has 3 rings (SSSR count). The molecule has 0 radical (unpaired) electrons. The van der Waals surface area contributed by atoms with E-state index in [2.05, 4.69) is 21.2 Å². The van der Waals surface area contributed by atoms with Gasteiger partial charge in [0.1, 0.15) is 10.8 Å². The van der Waals surface area contributed by atoms with Gasteiger partial charge in [0, 0.05) is 23.5 Å². The van der Waals surface area contributed by atoms with E-state index in [0.29, 0.717) is 49.5 Å². The van der Waals surface area contributed by atoms with Crippen LogP contribution in [-0.4, -0.2) is 53.8 Å². The number of aryl methyl sites for hydroxylation is 1. The standard InChI is InChI=1S/C22H28FN5O3S/c1-15-14-32-21(25-15)12-19(29)26-27-20(30)13-28-10-7-17(8-11-28)22(31)24-9-6-16-4-2-3-5-18(16)23/h2-5,14,17H,6-13H2,1H3,(H,24,31)(H,26,29)(H,27,30). The van der Waals surface area contributed by atoms with E-state index >= 15 is 0 Å². The topological polar surface area (TPSA) is 103 Å². The van der Waals surface area contributed by atoms with Crippen molar-refractivity contribution in [2.75, 3.05) is 26.2 Å². The van der Waals surface area contributed by atoms with E-state index in [9.17, 15) is 18.8 Å². The van der Waals surface area contributed by atoms with Crippen LogP contribution in [0.4, 0.5) is 4.39 Å². The van der Waals surface area contributed by atoms with Crippen LogP contribution in [0.2, 0.25) is 0 Å². The highest BCUT2D eigenvalue weighted by Gasteiger charge is 2.25. The van der Waals surface area contributed by atoms with Crippen molar-refractivity contribution in [3.8, 4) is 0 Å². The summed E-state index contributed by atoms with van der Waals surface area (Å²) in [5.41, 5.74) is 6.28. The first-order chi connectivity index (χ1) is 15.4. The summed E-state index contributed by atoms with van der Waals surface area (Å²) in [6.07, 6.45) is 1.87. The molecule has 0 atom stereocenters. The second-order valence-electron chi connectivity index (χ2n) is 7.84. The number of benzene rings is 1. The Morgan fingerprint density at radius 3 is 2.56 bits per heavy atom. The van der Waals surface area contributed by atoms with E-state index in [4.69, 9.17) is 0 Å². The minimum Gasteiger partial charge on any atom is -0.356 e. The fourth-order valence-electron chi connectivity index (χ4n) is 3.57.